The lowest BCUT2D eigenvalue weighted by molar-refractivity contribution is -0.192. The zero-order valence-electron chi connectivity index (χ0n) is 38.0. The van der Waals surface area contributed by atoms with E-state index in [-0.39, 0.29) is 41.3 Å². The molecule has 2 amide bonds. The molecule has 0 saturated heterocycles. The third kappa shape index (κ3) is 14.9. The Morgan fingerprint density at radius 1 is 0.846 bits per heavy atom. The minimum Gasteiger partial charge on any atom is -0.475 e. The van der Waals surface area contributed by atoms with Crippen LogP contribution in [0.15, 0.2) is 65.5 Å². The third-order valence-corrected chi connectivity index (χ3v) is 12.5. The number of fused-ring (bicyclic) bond motifs is 1. The third-order valence-electron chi connectivity index (χ3n) is 12.5. The molecular weight excluding hydrogens is 844 g/mol. The molecule has 0 radical (unpaired) electrons. The number of alkyl carbamates (subject to hydrolysis) is 1. The van der Waals surface area contributed by atoms with Gasteiger partial charge in [-0.25, -0.2) is 9.59 Å². The maximum atomic E-state index is 13.9. The largest absolute Gasteiger partial charge is 0.490 e. The number of alkyl halides is 3. The molecule has 3 aromatic carbocycles. The summed E-state index contributed by atoms with van der Waals surface area (Å²) in [5.41, 5.74) is 5.13. The molecule has 352 valence electrons. The average Bonchev–Trinajstić information content (AvgIpc) is 3.61. The Hall–Kier alpha value is -5.77. The normalized spacial score (nSPS) is 19.4. The lowest BCUT2D eigenvalue weighted by Crippen LogP contribution is -2.37. The van der Waals surface area contributed by atoms with E-state index in [0.717, 1.165) is 66.3 Å². The number of carbonyl (C=O) groups is 5. The van der Waals surface area contributed by atoms with Gasteiger partial charge >= 0.3 is 18.2 Å². The van der Waals surface area contributed by atoms with Gasteiger partial charge in [0, 0.05) is 48.5 Å². The molecule has 6 rings (SSSR count). The van der Waals surface area contributed by atoms with E-state index in [4.69, 9.17) is 14.6 Å². The van der Waals surface area contributed by atoms with Crippen LogP contribution in [0.25, 0.3) is 22.0 Å². The number of H-pyrrole nitrogens is 2. The number of rotatable bonds is 14. The Kier molecular flexibility index (Phi) is 17.0. The van der Waals surface area contributed by atoms with Gasteiger partial charge in [0.05, 0.1) is 10.9 Å². The van der Waals surface area contributed by atoms with Crippen LogP contribution in [0.5, 0.6) is 0 Å². The number of aliphatic carboxylic acids is 1. The zero-order chi connectivity index (χ0) is 47.6. The number of nitrogens with zero attached hydrogens (tertiary/aromatic N) is 1. The SMILES string of the molecule is Cc1cc(C(=O)CC2CCC(N(C)C)CC2)ccc1-c1ccc(C[C@H](CC(=O)C2CCC(CNC(=O)OC(C)(C)C)CC2)C(=O)Nc2ccc3c(=O)[nH][nH]c3c2)cc1.O=C(O)C(F)(F)F. The van der Waals surface area contributed by atoms with E-state index < -0.39 is 29.8 Å². The van der Waals surface area contributed by atoms with Gasteiger partial charge in [-0.2, -0.15) is 13.2 Å². The first-order valence-corrected chi connectivity index (χ1v) is 22.3. The summed E-state index contributed by atoms with van der Waals surface area (Å²) in [7, 11) is 4.27. The number of hydrogen-bond donors (Lipinski definition) is 5. The summed E-state index contributed by atoms with van der Waals surface area (Å²) >= 11 is 0. The molecule has 1 heterocycles. The van der Waals surface area contributed by atoms with Crippen molar-refractivity contribution in [2.45, 2.75) is 116 Å². The van der Waals surface area contributed by atoms with Crippen molar-refractivity contribution in [2.75, 3.05) is 26.0 Å². The number of nitrogens with one attached hydrogen (secondary N) is 4. The summed E-state index contributed by atoms with van der Waals surface area (Å²) in [6.07, 6.45) is 3.08. The number of ketones is 2. The van der Waals surface area contributed by atoms with Crippen molar-refractivity contribution in [1.82, 2.24) is 20.4 Å². The van der Waals surface area contributed by atoms with Crippen molar-refractivity contribution in [1.29, 1.82) is 0 Å². The number of carboxylic acids is 1. The minimum atomic E-state index is -5.08. The van der Waals surface area contributed by atoms with Gasteiger partial charge in [-0.05, 0) is 158 Å². The highest BCUT2D eigenvalue weighted by molar-refractivity contribution is 5.98. The van der Waals surface area contributed by atoms with E-state index in [1.54, 1.807) is 18.2 Å². The Bertz CT molecular complexity index is 2350. The number of aromatic nitrogens is 2. The van der Waals surface area contributed by atoms with Gasteiger partial charge in [0.1, 0.15) is 11.4 Å². The van der Waals surface area contributed by atoms with E-state index in [1.807, 2.05) is 70.2 Å². The molecule has 4 aromatic rings. The summed E-state index contributed by atoms with van der Waals surface area (Å²) in [4.78, 5) is 76.5. The molecule has 2 aliphatic rings. The van der Waals surface area contributed by atoms with Crippen LogP contribution in [0.3, 0.4) is 0 Å². The van der Waals surface area contributed by atoms with E-state index >= 15 is 0 Å². The van der Waals surface area contributed by atoms with Crippen LogP contribution in [-0.4, -0.2) is 88.2 Å². The fourth-order valence-electron chi connectivity index (χ4n) is 8.77. The molecule has 0 aliphatic heterocycles. The number of aromatic amines is 2. The Morgan fingerprint density at radius 3 is 2.06 bits per heavy atom. The topological polar surface area (TPSA) is 191 Å². The highest BCUT2D eigenvalue weighted by Crippen LogP contribution is 2.33. The predicted molar refractivity (Wildman–Crippen MR) is 243 cm³/mol. The summed E-state index contributed by atoms with van der Waals surface area (Å²) in [5, 5.41) is 18.9. The summed E-state index contributed by atoms with van der Waals surface area (Å²) in [6.45, 7) is 8.04. The number of benzene rings is 3. The van der Waals surface area contributed by atoms with Crippen molar-refractivity contribution in [2.24, 2.45) is 23.7 Å². The van der Waals surface area contributed by atoms with Crippen molar-refractivity contribution in [3.8, 4) is 11.1 Å². The molecule has 2 saturated carbocycles. The van der Waals surface area contributed by atoms with Crippen LogP contribution < -0.4 is 16.2 Å². The molecule has 1 aromatic heterocycles. The molecule has 16 heteroatoms. The highest BCUT2D eigenvalue weighted by Gasteiger charge is 2.38. The Morgan fingerprint density at radius 2 is 1.48 bits per heavy atom. The first-order valence-electron chi connectivity index (χ1n) is 22.3. The second-order valence-corrected chi connectivity index (χ2v) is 18.8. The quantitative estimate of drug-likeness (QED) is 0.0768. The van der Waals surface area contributed by atoms with Crippen molar-refractivity contribution in [3.63, 3.8) is 0 Å². The van der Waals surface area contributed by atoms with Crippen molar-refractivity contribution < 1.29 is 47.0 Å². The average molecular weight is 906 g/mol. The van der Waals surface area contributed by atoms with Gasteiger partial charge < -0.3 is 25.4 Å². The fraction of sp³-hybridized carbons (Fsp3) is 0.510. The number of anilines is 1. The minimum absolute atomic E-state index is 0.0762. The summed E-state index contributed by atoms with van der Waals surface area (Å²) in [6, 6.07) is 19.8. The van der Waals surface area contributed by atoms with Gasteiger partial charge in [-0.15, -0.1) is 0 Å². The predicted octanol–water partition coefficient (Wildman–Crippen LogP) is 9.25. The smallest absolute Gasteiger partial charge is 0.475 e. The van der Waals surface area contributed by atoms with Crippen LogP contribution in [0, 0.1) is 30.6 Å². The van der Waals surface area contributed by atoms with Crippen LogP contribution in [0.2, 0.25) is 0 Å². The molecule has 0 spiro atoms. The van der Waals surface area contributed by atoms with Gasteiger partial charge in [0.15, 0.2) is 5.78 Å². The molecule has 0 unspecified atom stereocenters. The number of halogens is 3. The maximum absolute atomic E-state index is 13.9. The summed E-state index contributed by atoms with van der Waals surface area (Å²) in [5.74, 6) is -2.78. The molecule has 2 fully saturated rings. The molecule has 0 bridgehead atoms. The first kappa shape index (κ1) is 50.2. The number of amides is 2. The van der Waals surface area contributed by atoms with E-state index in [0.29, 0.717) is 60.8 Å². The number of hydrogen-bond acceptors (Lipinski definition) is 8. The molecule has 13 nitrogen and oxygen atoms in total. The van der Waals surface area contributed by atoms with E-state index in [9.17, 15) is 37.1 Å². The van der Waals surface area contributed by atoms with Gasteiger partial charge in [0.2, 0.25) is 5.91 Å². The fourth-order valence-corrected chi connectivity index (χ4v) is 8.77. The van der Waals surface area contributed by atoms with Gasteiger partial charge in [-0.1, -0.05) is 36.4 Å². The van der Waals surface area contributed by atoms with Crippen LogP contribution in [0.1, 0.15) is 106 Å². The number of Topliss-reactive ketones (excluding diaryl/α,β-unsaturated/α-hetero) is 2. The highest BCUT2D eigenvalue weighted by atomic mass is 19.4. The molecule has 1 atom stereocenters. The van der Waals surface area contributed by atoms with Crippen molar-refractivity contribution >= 4 is 46.1 Å². The van der Waals surface area contributed by atoms with Crippen LogP contribution in [-0.2, 0) is 25.5 Å². The lowest BCUT2D eigenvalue weighted by atomic mass is 9.77. The van der Waals surface area contributed by atoms with E-state index in [1.165, 1.54) is 0 Å². The number of aryl methyl sites for hydroxylation is 1. The number of carbonyl (C=O) groups excluding carboxylic acids is 4. The molecule has 5 N–H and O–H groups in total. The summed E-state index contributed by atoms with van der Waals surface area (Å²) < 4.78 is 37.1. The number of ether oxygens (including phenoxy) is 1. The molecule has 65 heavy (non-hydrogen) atoms. The monoisotopic (exact) mass is 905 g/mol. The first-order chi connectivity index (χ1) is 30.6. The molecule has 2 aliphatic carbocycles. The van der Waals surface area contributed by atoms with Gasteiger partial charge in [-0.3, -0.25) is 29.4 Å². The van der Waals surface area contributed by atoms with Crippen LogP contribution in [0.4, 0.5) is 23.7 Å². The van der Waals surface area contributed by atoms with Gasteiger partial charge in [0.25, 0.3) is 5.56 Å². The lowest BCUT2D eigenvalue weighted by Gasteiger charge is -2.32. The second kappa shape index (κ2) is 21.9. The maximum Gasteiger partial charge on any atom is 0.490 e. The van der Waals surface area contributed by atoms with Crippen LogP contribution >= 0.6 is 0 Å². The van der Waals surface area contributed by atoms with E-state index in [2.05, 4.69) is 39.8 Å². The standard InChI is InChI=1S/C47H61N5O6.C2HF3O2/c1-29-23-35(42(53)25-31-11-19-38(20-12-31)52(5)6)17-21-39(29)33-13-7-30(8-14-33)24-36(44(55)49-37-18-22-40-41(27-37)50-51-45(40)56)26-43(54)34-15-9-32(10-16-34)28-48-46(57)58-47(2,3)4;3-2(4,5)1(6)7/h7-8,13-14,17-18,21-23,27,31-32,34,36,38H,9-12,15-16,19-20,24-26,28H2,1-6H3,(H,48,57)(H,49,55)(H2,50,51,56);(H,6,7)/t31?,32?,34?,36-,38?;/m1./s1. The zero-order valence-corrected chi connectivity index (χ0v) is 38.0. The molecular formula is C49H62F3N5O8. The Labute approximate surface area is 377 Å². The second-order valence-electron chi connectivity index (χ2n) is 18.8. The van der Waals surface area contributed by atoms with Crippen molar-refractivity contribution in [3.05, 3.63) is 87.7 Å². The number of carboxylic acid groups (broad SMARTS) is 1. The Balaban J connectivity index is 0.00000105.